The highest BCUT2D eigenvalue weighted by Crippen LogP contribution is 2.24. The second kappa shape index (κ2) is 5.65. The molecule has 0 aromatic heterocycles. The van der Waals surface area contributed by atoms with Gasteiger partial charge in [-0.05, 0) is 49.2 Å². The predicted molar refractivity (Wildman–Crippen MR) is 77.7 cm³/mol. The first-order valence-electron chi connectivity index (χ1n) is 6.22. The van der Waals surface area contributed by atoms with Gasteiger partial charge < -0.3 is 15.2 Å². The molecule has 0 radical (unpaired) electrons. The number of hydrogen-bond acceptors (Lipinski definition) is 3. The van der Waals surface area contributed by atoms with E-state index >= 15 is 0 Å². The quantitative estimate of drug-likeness (QED) is 0.853. The van der Waals surface area contributed by atoms with Gasteiger partial charge in [0.05, 0.1) is 7.11 Å². The van der Waals surface area contributed by atoms with E-state index in [0.717, 1.165) is 17.1 Å². The van der Waals surface area contributed by atoms with Gasteiger partial charge in [-0.3, -0.25) is 0 Å². The van der Waals surface area contributed by atoms with Crippen molar-refractivity contribution in [3.8, 4) is 11.5 Å². The van der Waals surface area contributed by atoms with Crippen molar-refractivity contribution in [2.45, 2.75) is 20.5 Å². The van der Waals surface area contributed by atoms with E-state index in [9.17, 15) is 0 Å². The number of nitrogens with two attached hydrogens (primary N) is 1. The molecular formula is C16H19NO2. The van der Waals surface area contributed by atoms with E-state index in [4.69, 9.17) is 15.2 Å². The molecule has 0 amide bonds. The minimum absolute atomic E-state index is 0.465. The fourth-order valence-electron chi connectivity index (χ4n) is 2.06. The summed E-state index contributed by atoms with van der Waals surface area (Å²) < 4.78 is 11.1. The van der Waals surface area contributed by atoms with E-state index in [1.54, 1.807) is 13.2 Å². The maximum atomic E-state index is 5.82. The third-order valence-corrected chi connectivity index (χ3v) is 2.90. The smallest absolute Gasteiger partial charge is 0.127 e. The molecule has 19 heavy (non-hydrogen) atoms. The highest BCUT2D eigenvalue weighted by Gasteiger charge is 2.05. The molecule has 0 aliphatic carbocycles. The van der Waals surface area contributed by atoms with Crippen LogP contribution >= 0.6 is 0 Å². The fraction of sp³-hybridized carbons (Fsp3) is 0.250. The molecule has 2 N–H and O–H groups in total. The van der Waals surface area contributed by atoms with Crippen molar-refractivity contribution in [1.29, 1.82) is 0 Å². The van der Waals surface area contributed by atoms with E-state index in [1.807, 2.05) is 24.3 Å². The molecule has 2 aromatic carbocycles. The summed E-state index contributed by atoms with van der Waals surface area (Å²) in [7, 11) is 1.63. The zero-order valence-electron chi connectivity index (χ0n) is 11.6. The molecule has 0 aliphatic rings. The van der Waals surface area contributed by atoms with Crippen LogP contribution in [0.3, 0.4) is 0 Å². The first kappa shape index (κ1) is 13.3. The third kappa shape index (κ3) is 3.41. The second-order valence-electron chi connectivity index (χ2n) is 4.68. The summed E-state index contributed by atoms with van der Waals surface area (Å²) in [6.07, 6.45) is 0. The van der Waals surface area contributed by atoms with Gasteiger partial charge in [-0.2, -0.15) is 0 Å². The van der Waals surface area contributed by atoms with Crippen LogP contribution in [0.2, 0.25) is 0 Å². The van der Waals surface area contributed by atoms with E-state index in [2.05, 4.69) is 19.9 Å². The maximum absolute atomic E-state index is 5.82. The molecule has 0 aliphatic heterocycles. The summed E-state index contributed by atoms with van der Waals surface area (Å²) in [5.41, 5.74) is 9.79. The molecule has 2 rings (SSSR count). The first-order valence-corrected chi connectivity index (χ1v) is 6.22. The van der Waals surface area contributed by atoms with Crippen LogP contribution in [0.15, 0.2) is 36.4 Å². The van der Waals surface area contributed by atoms with Gasteiger partial charge in [0.25, 0.3) is 0 Å². The molecule has 0 bridgehead atoms. The molecule has 0 saturated carbocycles. The Labute approximate surface area is 114 Å². The lowest BCUT2D eigenvalue weighted by Crippen LogP contribution is -2.00. The summed E-state index contributed by atoms with van der Waals surface area (Å²) >= 11 is 0. The summed E-state index contributed by atoms with van der Waals surface area (Å²) in [4.78, 5) is 0. The van der Waals surface area contributed by atoms with Gasteiger partial charge in [-0.25, -0.2) is 0 Å². The SMILES string of the molecule is COc1cc(N)ccc1COc1cc(C)cc(C)c1. The zero-order valence-corrected chi connectivity index (χ0v) is 11.6. The van der Waals surface area contributed by atoms with Crippen LogP contribution in [0.1, 0.15) is 16.7 Å². The number of rotatable bonds is 4. The van der Waals surface area contributed by atoms with Crippen LogP contribution in [0.5, 0.6) is 11.5 Å². The largest absolute Gasteiger partial charge is 0.496 e. The highest BCUT2D eigenvalue weighted by molar-refractivity contribution is 5.48. The molecular weight excluding hydrogens is 238 g/mol. The Morgan fingerprint density at radius 3 is 2.32 bits per heavy atom. The Morgan fingerprint density at radius 2 is 1.68 bits per heavy atom. The minimum atomic E-state index is 0.465. The van der Waals surface area contributed by atoms with Crippen molar-refractivity contribution in [2.75, 3.05) is 12.8 Å². The minimum Gasteiger partial charge on any atom is -0.496 e. The van der Waals surface area contributed by atoms with Gasteiger partial charge in [0.2, 0.25) is 0 Å². The maximum Gasteiger partial charge on any atom is 0.127 e. The molecule has 0 heterocycles. The lowest BCUT2D eigenvalue weighted by atomic mass is 10.1. The summed E-state index contributed by atoms with van der Waals surface area (Å²) in [5.74, 6) is 1.63. The topological polar surface area (TPSA) is 44.5 Å². The van der Waals surface area contributed by atoms with Crippen molar-refractivity contribution < 1.29 is 9.47 Å². The lowest BCUT2D eigenvalue weighted by Gasteiger charge is -2.12. The summed E-state index contributed by atoms with van der Waals surface area (Å²) in [5, 5.41) is 0. The van der Waals surface area contributed by atoms with E-state index in [0.29, 0.717) is 12.3 Å². The van der Waals surface area contributed by atoms with Crippen LogP contribution in [0, 0.1) is 13.8 Å². The molecule has 0 spiro atoms. The first-order chi connectivity index (χ1) is 9.08. The Balaban J connectivity index is 2.14. The lowest BCUT2D eigenvalue weighted by molar-refractivity contribution is 0.296. The Hall–Kier alpha value is -2.16. The number of nitrogen functional groups attached to an aromatic ring is 1. The second-order valence-corrected chi connectivity index (χ2v) is 4.68. The third-order valence-electron chi connectivity index (χ3n) is 2.90. The monoisotopic (exact) mass is 257 g/mol. The number of hydrogen-bond donors (Lipinski definition) is 1. The normalized spacial score (nSPS) is 10.3. The van der Waals surface area contributed by atoms with Crippen molar-refractivity contribution in [2.24, 2.45) is 0 Å². The Kier molecular flexibility index (Phi) is 3.95. The molecule has 0 saturated heterocycles. The Morgan fingerprint density at radius 1 is 1.00 bits per heavy atom. The average Bonchev–Trinajstić information content (AvgIpc) is 2.36. The molecule has 3 heteroatoms. The van der Waals surface area contributed by atoms with E-state index < -0.39 is 0 Å². The number of ether oxygens (including phenoxy) is 2. The molecule has 100 valence electrons. The van der Waals surface area contributed by atoms with Crippen LogP contribution in [-0.4, -0.2) is 7.11 Å². The average molecular weight is 257 g/mol. The molecule has 0 unspecified atom stereocenters. The molecule has 2 aromatic rings. The molecule has 0 fully saturated rings. The zero-order chi connectivity index (χ0) is 13.8. The Bertz CT molecular complexity index is 559. The number of benzene rings is 2. The molecule has 3 nitrogen and oxygen atoms in total. The number of aryl methyl sites for hydroxylation is 2. The highest BCUT2D eigenvalue weighted by atomic mass is 16.5. The van der Waals surface area contributed by atoms with Gasteiger partial charge in [-0.1, -0.05) is 6.07 Å². The van der Waals surface area contributed by atoms with Crippen LogP contribution in [0.25, 0.3) is 0 Å². The number of anilines is 1. The van der Waals surface area contributed by atoms with Crippen LogP contribution < -0.4 is 15.2 Å². The fourth-order valence-corrected chi connectivity index (χ4v) is 2.06. The summed E-state index contributed by atoms with van der Waals surface area (Å²) in [6, 6.07) is 11.8. The van der Waals surface area contributed by atoms with Gasteiger partial charge in [-0.15, -0.1) is 0 Å². The van der Waals surface area contributed by atoms with Crippen molar-refractivity contribution >= 4 is 5.69 Å². The number of methoxy groups -OCH3 is 1. The standard InChI is InChI=1S/C16H19NO2/c1-11-6-12(2)8-15(7-11)19-10-13-4-5-14(17)9-16(13)18-3/h4-9H,10,17H2,1-3H3. The molecule has 0 atom stereocenters. The van der Waals surface area contributed by atoms with Gasteiger partial charge >= 0.3 is 0 Å². The van der Waals surface area contributed by atoms with Gasteiger partial charge in [0.1, 0.15) is 18.1 Å². The van der Waals surface area contributed by atoms with Gasteiger partial charge in [0, 0.05) is 17.3 Å². The van der Waals surface area contributed by atoms with Crippen molar-refractivity contribution in [3.05, 3.63) is 53.1 Å². The van der Waals surface area contributed by atoms with Crippen LogP contribution in [-0.2, 0) is 6.61 Å². The predicted octanol–water partition coefficient (Wildman–Crippen LogP) is 3.47. The van der Waals surface area contributed by atoms with Crippen molar-refractivity contribution in [1.82, 2.24) is 0 Å². The summed E-state index contributed by atoms with van der Waals surface area (Å²) in [6.45, 7) is 4.58. The van der Waals surface area contributed by atoms with E-state index in [-0.39, 0.29) is 0 Å². The van der Waals surface area contributed by atoms with E-state index in [1.165, 1.54) is 11.1 Å². The van der Waals surface area contributed by atoms with Crippen LogP contribution in [0.4, 0.5) is 5.69 Å². The van der Waals surface area contributed by atoms with Gasteiger partial charge in [0.15, 0.2) is 0 Å². The van der Waals surface area contributed by atoms with Crippen molar-refractivity contribution in [3.63, 3.8) is 0 Å².